The summed E-state index contributed by atoms with van der Waals surface area (Å²) in [6, 6.07) is 24.1. The Hall–Kier alpha value is -3.80. The number of methoxy groups -OCH3 is 2. The molecule has 6 nitrogen and oxygen atoms in total. The van der Waals surface area contributed by atoms with Crippen LogP contribution in [-0.2, 0) is 11.2 Å². The summed E-state index contributed by atoms with van der Waals surface area (Å²) in [5.41, 5.74) is 4.01. The lowest BCUT2D eigenvalue weighted by atomic mass is 10.1. The lowest BCUT2D eigenvalue weighted by Crippen LogP contribution is -2.37. The molecule has 0 fully saturated rings. The van der Waals surface area contributed by atoms with Gasteiger partial charge in [0.15, 0.2) is 29.3 Å². The van der Waals surface area contributed by atoms with Crippen molar-refractivity contribution in [3.05, 3.63) is 83.9 Å². The fourth-order valence-electron chi connectivity index (χ4n) is 4.22. The highest BCUT2D eigenvalue weighted by Gasteiger charge is 2.39. The Bertz CT molecular complexity index is 1160. The van der Waals surface area contributed by atoms with Crippen LogP contribution >= 0.6 is 0 Å². The number of anilines is 2. The van der Waals surface area contributed by atoms with Crippen LogP contribution in [0.5, 0.6) is 11.5 Å². The number of nitrogens with zero attached hydrogens (tertiary/aromatic N) is 3. The molecule has 0 saturated heterocycles. The summed E-state index contributed by atoms with van der Waals surface area (Å²) in [7, 11) is 3.24. The monoisotopic (exact) mass is 457 g/mol. The SMILES string of the molecule is CCCCc1ccc(N2C(C(C)=O)=NN(c3ccccc3)[C@H]2c2ccc(OC)c(OC)c2)cc1. The molecule has 1 aliphatic heterocycles. The van der Waals surface area contributed by atoms with Gasteiger partial charge in [0, 0.05) is 18.2 Å². The van der Waals surface area contributed by atoms with Gasteiger partial charge in [0.25, 0.3) is 0 Å². The van der Waals surface area contributed by atoms with E-state index in [0.717, 1.165) is 36.2 Å². The maximum absolute atomic E-state index is 12.8. The van der Waals surface area contributed by atoms with Gasteiger partial charge in [-0.1, -0.05) is 49.7 Å². The zero-order chi connectivity index (χ0) is 24.1. The zero-order valence-corrected chi connectivity index (χ0v) is 20.2. The van der Waals surface area contributed by atoms with Crippen molar-refractivity contribution in [1.82, 2.24) is 0 Å². The minimum atomic E-state index is -0.373. The predicted octanol–water partition coefficient (Wildman–Crippen LogP) is 5.97. The number of rotatable bonds is 9. The average Bonchev–Trinajstić information content (AvgIpc) is 3.29. The zero-order valence-electron chi connectivity index (χ0n) is 20.2. The molecule has 0 aromatic heterocycles. The molecule has 0 spiro atoms. The molecule has 1 aliphatic rings. The fourth-order valence-corrected chi connectivity index (χ4v) is 4.22. The summed E-state index contributed by atoms with van der Waals surface area (Å²) in [6.07, 6.45) is 2.98. The number of aryl methyl sites for hydroxylation is 1. The molecule has 176 valence electrons. The van der Waals surface area contributed by atoms with Crippen molar-refractivity contribution in [3.63, 3.8) is 0 Å². The normalized spacial score (nSPS) is 15.3. The van der Waals surface area contributed by atoms with E-state index in [0.29, 0.717) is 17.3 Å². The van der Waals surface area contributed by atoms with Gasteiger partial charge < -0.3 is 9.47 Å². The standard InChI is InChI=1S/C28H31N3O3/c1-5-6-10-21-13-16-23(17-14-21)30-27(20(2)32)29-31(24-11-8-7-9-12-24)28(30)22-15-18-25(33-3)26(19-22)34-4/h7-9,11-19,28H,5-6,10H2,1-4H3/t28-/m0/s1. The smallest absolute Gasteiger partial charge is 0.198 e. The van der Waals surface area contributed by atoms with Crippen molar-refractivity contribution in [1.29, 1.82) is 0 Å². The predicted molar refractivity (Wildman–Crippen MR) is 137 cm³/mol. The molecule has 1 heterocycles. The van der Waals surface area contributed by atoms with Gasteiger partial charge in [-0.2, -0.15) is 0 Å². The molecule has 6 heteroatoms. The van der Waals surface area contributed by atoms with Crippen molar-refractivity contribution in [2.75, 3.05) is 24.1 Å². The second kappa shape index (κ2) is 10.4. The molecule has 34 heavy (non-hydrogen) atoms. The maximum Gasteiger partial charge on any atom is 0.198 e. The van der Waals surface area contributed by atoms with Crippen LogP contribution in [0, 0.1) is 0 Å². The number of carbonyl (C=O) groups excluding carboxylic acids is 1. The number of hydrazone groups is 1. The number of amidine groups is 1. The summed E-state index contributed by atoms with van der Waals surface area (Å²) in [5, 5.41) is 6.69. The van der Waals surface area contributed by atoms with Crippen molar-refractivity contribution in [3.8, 4) is 11.5 Å². The van der Waals surface area contributed by atoms with E-state index in [4.69, 9.17) is 14.6 Å². The topological polar surface area (TPSA) is 54.4 Å². The number of benzene rings is 3. The third-order valence-electron chi connectivity index (χ3n) is 5.98. The van der Waals surface area contributed by atoms with Gasteiger partial charge in [0.1, 0.15) is 0 Å². The second-order valence-electron chi connectivity index (χ2n) is 8.29. The Morgan fingerprint density at radius 2 is 1.62 bits per heavy atom. The van der Waals surface area contributed by atoms with E-state index in [1.165, 1.54) is 5.56 Å². The molecule has 0 N–H and O–H groups in total. The number of hydrogen-bond donors (Lipinski definition) is 0. The third-order valence-corrected chi connectivity index (χ3v) is 5.98. The van der Waals surface area contributed by atoms with Crippen LogP contribution in [0.2, 0.25) is 0 Å². The van der Waals surface area contributed by atoms with Crippen LogP contribution in [0.3, 0.4) is 0 Å². The van der Waals surface area contributed by atoms with E-state index in [1.54, 1.807) is 21.1 Å². The number of unbranched alkanes of at least 4 members (excludes halogenated alkanes) is 1. The Morgan fingerprint density at radius 3 is 2.24 bits per heavy atom. The third kappa shape index (κ3) is 4.62. The molecule has 0 radical (unpaired) electrons. The van der Waals surface area contributed by atoms with Crippen molar-refractivity contribution in [2.24, 2.45) is 5.10 Å². The Kier molecular flexibility index (Phi) is 7.16. The first-order chi connectivity index (χ1) is 16.6. The fraction of sp³-hybridized carbons (Fsp3) is 0.286. The first kappa shape index (κ1) is 23.4. The van der Waals surface area contributed by atoms with Crippen molar-refractivity contribution >= 4 is 23.0 Å². The largest absolute Gasteiger partial charge is 0.493 e. The van der Waals surface area contributed by atoms with Crippen LogP contribution < -0.4 is 19.4 Å². The first-order valence-corrected chi connectivity index (χ1v) is 11.6. The second-order valence-corrected chi connectivity index (χ2v) is 8.29. The summed E-state index contributed by atoms with van der Waals surface area (Å²) < 4.78 is 11.0. The van der Waals surface area contributed by atoms with Crippen molar-refractivity contribution < 1.29 is 14.3 Å². The van der Waals surface area contributed by atoms with E-state index in [-0.39, 0.29) is 11.9 Å². The molecule has 0 unspecified atom stereocenters. The number of carbonyl (C=O) groups is 1. The quantitative estimate of drug-likeness (QED) is 0.396. The number of hydrogen-bond acceptors (Lipinski definition) is 6. The Morgan fingerprint density at radius 1 is 0.912 bits per heavy atom. The summed E-state index contributed by atoms with van der Waals surface area (Å²) in [5.74, 6) is 1.57. The highest BCUT2D eigenvalue weighted by atomic mass is 16.5. The number of ketones is 1. The summed E-state index contributed by atoms with van der Waals surface area (Å²) in [4.78, 5) is 14.8. The lowest BCUT2D eigenvalue weighted by molar-refractivity contribution is -0.111. The molecular formula is C28H31N3O3. The minimum absolute atomic E-state index is 0.0982. The number of Topliss-reactive ketones (excluding diaryl/α,β-unsaturated/α-hetero) is 1. The van der Waals surface area contributed by atoms with Crippen LogP contribution in [0.25, 0.3) is 0 Å². The van der Waals surface area contributed by atoms with Gasteiger partial charge in [-0.15, -0.1) is 5.10 Å². The summed E-state index contributed by atoms with van der Waals surface area (Å²) in [6.45, 7) is 3.75. The molecule has 3 aromatic carbocycles. The van der Waals surface area contributed by atoms with Gasteiger partial charge in [0.2, 0.25) is 0 Å². The molecule has 0 amide bonds. The van der Waals surface area contributed by atoms with Gasteiger partial charge in [-0.25, -0.2) is 5.01 Å². The van der Waals surface area contributed by atoms with Gasteiger partial charge in [-0.05, 0) is 54.8 Å². The minimum Gasteiger partial charge on any atom is -0.493 e. The highest BCUT2D eigenvalue weighted by molar-refractivity contribution is 6.44. The van der Waals surface area contributed by atoms with Crippen LogP contribution in [-0.4, -0.2) is 25.8 Å². The maximum atomic E-state index is 12.8. The van der Waals surface area contributed by atoms with E-state index in [1.807, 2.05) is 58.4 Å². The lowest BCUT2D eigenvalue weighted by Gasteiger charge is -2.32. The number of para-hydroxylation sites is 1. The molecule has 3 aromatic rings. The highest BCUT2D eigenvalue weighted by Crippen LogP contribution is 2.41. The molecule has 4 rings (SSSR count). The van der Waals surface area contributed by atoms with E-state index < -0.39 is 0 Å². The van der Waals surface area contributed by atoms with E-state index >= 15 is 0 Å². The Balaban J connectivity index is 1.84. The molecular weight excluding hydrogens is 426 g/mol. The van der Waals surface area contributed by atoms with Crippen LogP contribution in [0.1, 0.15) is 44.0 Å². The van der Waals surface area contributed by atoms with Gasteiger partial charge >= 0.3 is 0 Å². The molecule has 0 aliphatic carbocycles. The van der Waals surface area contributed by atoms with Crippen LogP contribution in [0.15, 0.2) is 77.9 Å². The number of ether oxygens (including phenoxy) is 2. The first-order valence-electron chi connectivity index (χ1n) is 11.6. The average molecular weight is 458 g/mol. The molecule has 0 saturated carbocycles. The van der Waals surface area contributed by atoms with Gasteiger partial charge in [-0.3, -0.25) is 9.69 Å². The van der Waals surface area contributed by atoms with Crippen molar-refractivity contribution in [2.45, 2.75) is 39.3 Å². The Labute approximate surface area is 201 Å². The van der Waals surface area contributed by atoms with E-state index in [9.17, 15) is 4.79 Å². The summed E-state index contributed by atoms with van der Waals surface area (Å²) >= 11 is 0. The van der Waals surface area contributed by atoms with E-state index in [2.05, 4.69) is 31.2 Å². The molecule has 0 bridgehead atoms. The molecule has 1 atom stereocenters. The van der Waals surface area contributed by atoms with Gasteiger partial charge in [0.05, 0.1) is 19.9 Å². The van der Waals surface area contributed by atoms with Crippen LogP contribution in [0.4, 0.5) is 11.4 Å².